The molecule has 1 heterocycles. The Hall–Kier alpha value is -2.49. The number of amides is 1. The van der Waals surface area contributed by atoms with Crippen LogP contribution in [-0.2, 0) is 0 Å². The predicted octanol–water partition coefficient (Wildman–Crippen LogP) is 3.28. The summed E-state index contributed by atoms with van der Waals surface area (Å²) in [6, 6.07) is 11.1. The number of anilines is 1. The van der Waals surface area contributed by atoms with E-state index in [1.165, 1.54) is 5.56 Å². The minimum Gasteiger partial charge on any atom is -0.454 e. The molecule has 102 valence electrons. The SMILES string of the molecule is Cc1ccc(NC(=O)c2cccc3c2OCO3)cc1C. The summed E-state index contributed by atoms with van der Waals surface area (Å²) in [6.45, 7) is 4.21. The number of hydrogen-bond donors (Lipinski definition) is 1. The molecule has 0 bridgehead atoms. The van der Waals surface area contributed by atoms with Gasteiger partial charge in [-0.15, -0.1) is 0 Å². The van der Waals surface area contributed by atoms with Gasteiger partial charge in [0, 0.05) is 5.69 Å². The Balaban J connectivity index is 1.87. The summed E-state index contributed by atoms with van der Waals surface area (Å²) >= 11 is 0. The van der Waals surface area contributed by atoms with Gasteiger partial charge in [0.25, 0.3) is 5.91 Å². The highest BCUT2D eigenvalue weighted by Gasteiger charge is 2.21. The van der Waals surface area contributed by atoms with Crippen molar-refractivity contribution in [3.63, 3.8) is 0 Å². The molecular formula is C16H15NO3. The number of para-hydroxylation sites is 1. The van der Waals surface area contributed by atoms with Gasteiger partial charge in [0.2, 0.25) is 6.79 Å². The Bertz CT molecular complexity index is 679. The molecule has 0 radical (unpaired) electrons. The minimum atomic E-state index is -0.199. The molecule has 4 nitrogen and oxygen atoms in total. The first-order valence-corrected chi connectivity index (χ1v) is 6.42. The Morgan fingerprint density at radius 3 is 2.75 bits per heavy atom. The predicted molar refractivity (Wildman–Crippen MR) is 76.4 cm³/mol. The van der Waals surface area contributed by atoms with Crippen LogP contribution in [0.1, 0.15) is 21.5 Å². The molecule has 0 saturated heterocycles. The second kappa shape index (κ2) is 4.89. The molecule has 3 rings (SSSR count). The van der Waals surface area contributed by atoms with Crippen LogP contribution < -0.4 is 14.8 Å². The molecule has 0 saturated carbocycles. The van der Waals surface area contributed by atoms with E-state index in [1.807, 2.05) is 32.0 Å². The number of rotatable bonds is 2. The number of nitrogens with one attached hydrogen (secondary N) is 1. The first kappa shape index (κ1) is 12.5. The number of ether oxygens (including phenoxy) is 2. The largest absolute Gasteiger partial charge is 0.454 e. The van der Waals surface area contributed by atoms with Crippen LogP contribution in [0.3, 0.4) is 0 Å². The van der Waals surface area contributed by atoms with E-state index in [0.29, 0.717) is 17.1 Å². The van der Waals surface area contributed by atoms with Crippen molar-refractivity contribution in [1.29, 1.82) is 0 Å². The molecule has 4 heteroatoms. The van der Waals surface area contributed by atoms with Crippen molar-refractivity contribution in [3.05, 3.63) is 53.1 Å². The van der Waals surface area contributed by atoms with Crippen molar-refractivity contribution in [2.24, 2.45) is 0 Å². The standard InChI is InChI=1S/C16H15NO3/c1-10-6-7-12(8-11(10)2)17-16(18)13-4-3-5-14-15(13)20-9-19-14/h3-8H,9H2,1-2H3,(H,17,18). The first-order chi connectivity index (χ1) is 9.65. The van der Waals surface area contributed by atoms with Crippen LogP contribution in [0.2, 0.25) is 0 Å². The summed E-state index contributed by atoms with van der Waals surface area (Å²) < 4.78 is 10.6. The number of fused-ring (bicyclic) bond motifs is 1. The molecule has 2 aromatic carbocycles. The van der Waals surface area contributed by atoms with Crippen molar-refractivity contribution < 1.29 is 14.3 Å². The fraction of sp³-hybridized carbons (Fsp3) is 0.188. The van der Waals surface area contributed by atoms with Gasteiger partial charge in [0.1, 0.15) is 0 Å². The van der Waals surface area contributed by atoms with Gasteiger partial charge in [-0.2, -0.15) is 0 Å². The lowest BCUT2D eigenvalue weighted by Gasteiger charge is -2.09. The number of carbonyl (C=O) groups is 1. The lowest BCUT2D eigenvalue weighted by molar-refractivity contribution is 0.102. The normalized spacial score (nSPS) is 12.3. The number of benzene rings is 2. The van der Waals surface area contributed by atoms with E-state index in [-0.39, 0.29) is 12.7 Å². The van der Waals surface area contributed by atoms with Crippen LogP contribution in [0.25, 0.3) is 0 Å². The monoisotopic (exact) mass is 269 g/mol. The Morgan fingerprint density at radius 1 is 1.10 bits per heavy atom. The number of carbonyl (C=O) groups excluding carboxylic acids is 1. The lowest BCUT2D eigenvalue weighted by Crippen LogP contribution is -2.12. The zero-order chi connectivity index (χ0) is 14.1. The van der Waals surface area contributed by atoms with Crippen molar-refractivity contribution in [3.8, 4) is 11.5 Å². The van der Waals surface area contributed by atoms with Crippen LogP contribution in [0, 0.1) is 13.8 Å². The molecule has 0 aromatic heterocycles. The van der Waals surface area contributed by atoms with Gasteiger partial charge in [-0.3, -0.25) is 4.79 Å². The summed E-state index contributed by atoms with van der Waals surface area (Å²) in [5, 5.41) is 2.88. The van der Waals surface area contributed by atoms with E-state index in [9.17, 15) is 4.79 Å². The zero-order valence-electron chi connectivity index (χ0n) is 11.4. The molecule has 0 spiro atoms. The maximum absolute atomic E-state index is 12.3. The van der Waals surface area contributed by atoms with Gasteiger partial charge in [0.05, 0.1) is 5.56 Å². The van der Waals surface area contributed by atoms with Crippen molar-refractivity contribution in [2.75, 3.05) is 12.1 Å². The van der Waals surface area contributed by atoms with Gasteiger partial charge in [0.15, 0.2) is 11.5 Å². The van der Waals surface area contributed by atoms with Crippen LogP contribution in [-0.4, -0.2) is 12.7 Å². The second-order valence-corrected chi connectivity index (χ2v) is 4.79. The molecule has 20 heavy (non-hydrogen) atoms. The summed E-state index contributed by atoms with van der Waals surface area (Å²) in [6.07, 6.45) is 0. The Morgan fingerprint density at radius 2 is 1.95 bits per heavy atom. The maximum atomic E-state index is 12.3. The summed E-state index contributed by atoms with van der Waals surface area (Å²) in [5.41, 5.74) is 3.59. The smallest absolute Gasteiger partial charge is 0.259 e. The molecule has 0 atom stereocenters. The highest BCUT2D eigenvalue weighted by molar-refractivity contribution is 6.06. The molecule has 1 aliphatic rings. The average Bonchev–Trinajstić information content (AvgIpc) is 2.91. The fourth-order valence-electron chi connectivity index (χ4n) is 2.13. The van der Waals surface area contributed by atoms with Crippen molar-refractivity contribution >= 4 is 11.6 Å². The summed E-state index contributed by atoms with van der Waals surface area (Å²) in [4.78, 5) is 12.3. The highest BCUT2D eigenvalue weighted by atomic mass is 16.7. The quantitative estimate of drug-likeness (QED) is 0.910. The molecule has 0 aliphatic carbocycles. The molecule has 1 aliphatic heterocycles. The third kappa shape index (κ3) is 2.20. The minimum absolute atomic E-state index is 0.156. The Labute approximate surface area is 117 Å². The second-order valence-electron chi connectivity index (χ2n) is 4.79. The van der Waals surface area contributed by atoms with Gasteiger partial charge in [-0.05, 0) is 49.2 Å². The molecular weight excluding hydrogens is 254 g/mol. The third-order valence-corrected chi connectivity index (χ3v) is 3.41. The lowest BCUT2D eigenvalue weighted by atomic mass is 10.1. The van der Waals surface area contributed by atoms with E-state index in [1.54, 1.807) is 18.2 Å². The van der Waals surface area contributed by atoms with Crippen LogP contribution in [0.5, 0.6) is 11.5 Å². The average molecular weight is 269 g/mol. The Kier molecular flexibility index (Phi) is 3.06. The van der Waals surface area contributed by atoms with Crippen molar-refractivity contribution in [1.82, 2.24) is 0 Å². The van der Waals surface area contributed by atoms with Crippen LogP contribution in [0.4, 0.5) is 5.69 Å². The topological polar surface area (TPSA) is 47.6 Å². The van der Waals surface area contributed by atoms with E-state index < -0.39 is 0 Å². The third-order valence-electron chi connectivity index (χ3n) is 3.41. The van der Waals surface area contributed by atoms with Crippen molar-refractivity contribution in [2.45, 2.75) is 13.8 Å². The van der Waals surface area contributed by atoms with Gasteiger partial charge >= 0.3 is 0 Å². The highest BCUT2D eigenvalue weighted by Crippen LogP contribution is 2.35. The number of aryl methyl sites for hydroxylation is 2. The molecule has 0 fully saturated rings. The van der Waals surface area contributed by atoms with Crippen LogP contribution in [0.15, 0.2) is 36.4 Å². The number of hydrogen-bond acceptors (Lipinski definition) is 3. The maximum Gasteiger partial charge on any atom is 0.259 e. The molecule has 1 N–H and O–H groups in total. The zero-order valence-corrected chi connectivity index (χ0v) is 11.4. The van der Waals surface area contributed by atoms with Gasteiger partial charge < -0.3 is 14.8 Å². The molecule has 0 unspecified atom stereocenters. The molecule has 1 amide bonds. The van der Waals surface area contributed by atoms with E-state index >= 15 is 0 Å². The first-order valence-electron chi connectivity index (χ1n) is 6.42. The van der Waals surface area contributed by atoms with E-state index in [0.717, 1.165) is 11.3 Å². The van der Waals surface area contributed by atoms with Gasteiger partial charge in [-0.25, -0.2) is 0 Å². The summed E-state index contributed by atoms with van der Waals surface area (Å²) in [7, 11) is 0. The summed E-state index contributed by atoms with van der Waals surface area (Å²) in [5.74, 6) is 0.919. The van der Waals surface area contributed by atoms with E-state index in [2.05, 4.69) is 5.32 Å². The fourth-order valence-corrected chi connectivity index (χ4v) is 2.13. The molecule has 2 aromatic rings. The van der Waals surface area contributed by atoms with E-state index in [4.69, 9.17) is 9.47 Å². The van der Waals surface area contributed by atoms with Crippen LogP contribution >= 0.6 is 0 Å². The van der Waals surface area contributed by atoms with Gasteiger partial charge in [-0.1, -0.05) is 12.1 Å².